The largest absolute Gasteiger partial charge is 0.422 e. The van der Waals surface area contributed by atoms with Gasteiger partial charge < -0.3 is 14.8 Å². The number of rotatable bonds is 21. The maximum Gasteiger partial charge on any atom is 0.345 e. The number of carbonyl (C=O) groups excluding carboxylic acids is 3. The van der Waals surface area contributed by atoms with Crippen molar-refractivity contribution in [1.29, 1.82) is 0 Å². The fraction of sp³-hybridized carbons (Fsp3) is 0.556. The number of benzene rings is 1. The first-order valence-corrected chi connectivity index (χ1v) is 16.1. The van der Waals surface area contributed by atoms with Crippen molar-refractivity contribution in [3.05, 3.63) is 66.0 Å². The van der Waals surface area contributed by atoms with Gasteiger partial charge in [0.15, 0.2) is 17.3 Å². The quantitative estimate of drug-likeness (QED) is 0.0509. The number of nitrogens with zero attached hydrogens (tertiary/aromatic N) is 1. The zero-order chi connectivity index (χ0) is 31.3. The zero-order valence-electron chi connectivity index (χ0n) is 26.8. The van der Waals surface area contributed by atoms with Gasteiger partial charge >= 0.3 is 11.9 Å². The molecular weight excluding hydrogens is 540 g/mol. The second kappa shape index (κ2) is 20.6. The average Bonchev–Trinajstić information content (AvgIpc) is 2.98. The molecule has 43 heavy (non-hydrogen) atoms. The van der Waals surface area contributed by atoms with E-state index in [2.05, 4.69) is 29.4 Å². The third-order valence-corrected chi connectivity index (χ3v) is 7.01. The molecule has 0 saturated heterocycles. The summed E-state index contributed by atoms with van der Waals surface area (Å²) in [5, 5.41) is 3.17. The number of nitrogens with one attached hydrogen (secondary N) is 1. The first kappa shape index (κ1) is 35.9. The lowest BCUT2D eigenvalue weighted by atomic mass is 10.1. The Morgan fingerprint density at radius 3 is 2.07 bits per heavy atom. The second-order valence-corrected chi connectivity index (χ2v) is 12.1. The van der Waals surface area contributed by atoms with Gasteiger partial charge in [0.2, 0.25) is 0 Å². The Morgan fingerprint density at radius 2 is 1.44 bits per heavy atom. The zero-order valence-corrected chi connectivity index (χ0v) is 26.8. The van der Waals surface area contributed by atoms with E-state index in [1.165, 1.54) is 63.3 Å². The van der Waals surface area contributed by atoms with Crippen LogP contribution in [0.15, 0.2) is 54.9 Å². The normalized spacial score (nSPS) is 11.5. The molecule has 0 aliphatic rings. The molecule has 0 aliphatic heterocycles. The SMILES string of the molecule is CCCCCCCCC=CCCCCCCCC(=O)Oc1cc(C(=O)CNC(C)(C)C)ccc1OC(=O)c1cccnc1. The third kappa shape index (κ3) is 16.2. The van der Waals surface area contributed by atoms with Crippen LogP contribution in [-0.4, -0.2) is 34.8 Å². The fourth-order valence-electron chi connectivity index (χ4n) is 4.45. The molecule has 1 aromatic heterocycles. The smallest absolute Gasteiger partial charge is 0.345 e. The Balaban J connectivity index is 1.80. The number of pyridine rings is 1. The summed E-state index contributed by atoms with van der Waals surface area (Å²) in [5.41, 5.74) is 0.401. The second-order valence-electron chi connectivity index (χ2n) is 12.1. The molecule has 0 amide bonds. The van der Waals surface area contributed by atoms with E-state index in [1.54, 1.807) is 24.4 Å². The number of hydrogen-bond donors (Lipinski definition) is 1. The Bertz CT molecular complexity index is 1140. The number of aromatic nitrogens is 1. The summed E-state index contributed by atoms with van der Waals surface area (Å²) in [6, 6.07) is 7.75. The predicted molar refractivity (Wildman–Crippen MR) is 173 cm³/mol. The van der Waals surface area contributed by atoms with Crippen molar-refractivity contribution < 1.29 is 23.9 Å². The molecule has 0 radical (unpaired) electrons. The highest BCUT2D eigenvalue weighted by molar-refractivity contribution is 5.98. The minimum Gasteiger partial charge on any atom is -0.422 e. The summed E-state index contributed by atoms with van der Waals surface area (Å²) in [4.78, 5) is 42.1. The summed E-state index contributed by atoms with van der Waals surface area (Å²) in [6.45, 7) is 8.30. The van der Waals surface area contributed by atoms with E-state index in [0.717, 1.165) is 32.1 Å². The van der Waals surface area contributed by atoms with E-state index in [4.69, 9.17) is 9.47 Å². The highest BCUT2D eigenvalue weighted by Crippen LogP contribution is 2.30. The van der Waals surface area contributed by atoms with Gasteiger partial charge in [0, 0.05) is 29.9 Å². The van der Waals surface area contributed by atoms with Crippen molar-refractivity contribution in [2.75, 3.05) is 6.54 Å². The molecule has 1 aromatic carbocycles. The number of unbranched alkanes of at least 4 members (excludes halogenated alkanes) is 11. The number of Topliss-reactive ketones (excluding diaryl/α,β-unsaturated/α-hetero) is 1. The van der Waals surface area contributed by atoms with Crippen LogP contribution in [0.3, 0.4) is 0 Å². The Kier molecular flexibility index (Phi) is 17.2. The molecule has 0 atom stereocenters. The van der Waals surface area contributed by atoms with Crippen molar-refractivity contribution in [2.24, 2.45) is 0 Å². The first-order valence-electron chi connectivity index (χ1n) is 16.1. The van der Waals surface area contributed by atoms with E-state index < -0.39 is 11.9 Å². The minimum absolute atomic E-state index is 0.0524. The minimum atomic E-state index is -0.629. The van der Waals surface area contributed by atoms with Gasteiger partial charge in [-0.2, -0.15) is 0 Å². The van der Waals surface area contributed by atoms with Crippen molar-refractivity contribution in [2.45, 2.75) is 123 Å². The highest BCUT2D eigenvalue weighted by Gasteiger charge is 2.19. The van der Waals surface area contributed by atoms with Crippen molar-refractivity contribution >= 4 is 17.7 Å². The summed E-state index contributed by atoms with van der Waals surface area (Å²) in [5.74, 6) is -1.08. The molecule has 0 fully saturated rings. The van der Waals surface area contributed by atoms with Gasteiger partial charge in [-0.3, -0.25) is 14.6 Å². The molecule has 2 rings (SSSR count). The van der Waals surface area contributed by atoms with Gasteiger partial charge in [0.05, 0.1) is 12.1 Å². The highest BCUT2D eigenvalue weighted by atomic mass is 16.6. The topological polar surface area (TPSA) is 94.6 Å². The molecule has 1 heterocycles. The number of carbonyl (C=O) groups is 3. The van der Waals surface area contributed by atoms with Crippen LogP contribution in [0.2, 0.25) is 0 Å². The standard InChI is InChI=1S/C36H52N2O5/c1-5-6-7-8-9-10-11-12-13-14-15-16-17-18-19-22-34(40)42-33-26-29(31(39)28-38-36(2,3)4)23-24-32(33)43-35(41)30-21-20-25-37-27-30/h12-13,20-21,23-27,38H,5-11,14-19,22,28H2,1-4H3. The Morgan fingerprint density at radius 1 is 0.791 bits per heavy atom. The van der Waals surface area contributed by atoms with E-state index in [1.807, 2.05) is 20.8 Å². The van der Waals surface area contributed by atoms with Crippen LogP contribution in [0.25, 0.3) is 0 Å². The molecule has 0 aliphatic carbocycles. The fourth-order valence-corrected chi connectivity index (χ4v) is 4.45. The van der Waals surface area contributed by atoms with Crippen LogP contribution in [0, 0.1) is 0 Å². The van der Waals surface area contributed by atoms with E-state index >= 15 is 0 Å². The Hall–Kier alpha value is -3.32. The molecule has 0 spiro atoms. The van der Waals surface area contributed by atoms with Gasteiger partial charge in [-0.05, 0) is 83.2 Å². The van der Waals surface area contributed by atoms with Crippen LogP contribution in [0.4, 0.5) is 0 Å². The molecule has 7 heteroatoms. The molecule has 7 nitrogen and oxygen atoms in total. The van der Waals surface area contributed by atoms with Crippen molar-refractivity contribution in [1.82, 2.24) is 10.3 Å². The lowest BCUT2D eigenvalue weighted by Gasteiger charge is -2.20. The van der Waals surface area contributed by atoms with Gasteiger partial charge in [-0.25, -0.2) is 4.79 Å². The number of allylic oxidation sites excluding steroid dienone is 2. The molecular formula is C36H52N2O5. The average molecular weight is 593 g/mol. The molecule has 0 saturated carbocycles. The van der Waals surface area contributed by atoms with Crippen molar-refractivity contribution in [3.63, 3.8) is 0 Å². The van der Waals surface area contributed by atoms with Gasteiger partial charge in [0.25, 0.3) is 0 Å². The van der Waals surface area contributed by atoms with Gasteiger partial charge in [-0.1, -0.05) is 70.4 Å². The predicted octanol–water partition coefficient (Wildman–Crippen LogP) is 8.81. The number of ether oxygens (including phenoxy) is 2. The van der Waals surface area contributed by atoms with Crippen LogP contribution in [0.5, 0.6) is 11.5 Å². The molecule has 1 N–H and O–H groups in total. The van der Waals surface area contributed by atoms with Gasteiger partial charge in [0.1, 0.15) is 0 Å². The lowest BCUT2D eigenvalue weighted by Crippen LogP contribution is -2.39. The molecule has 2 aromatic rings. The van der Waals surface area contributed by atoms with Crippen LogP contribution in [-0.2, 0) is 4.79 Å². The van der Waals surface area contributed by atoms with Crippen LogP contribution < -0.4 is 14.8 Å². The maximum atomic E-state index is 12.8. The summed E-state index contributed by atoms with van der Waals surface area (Å²) in [6.07, 6.45) is 23.2. The van der Waals surface area contributed by atoms with E-state index in [-0.39, 0.29) is 41.4 Å². The number of hydrogen-bond acceptors (Lipinski definition) is 7. The Labute approximate surface area is 258 Å². The molecule has 0 bridgehead atoms. The third-order valence-electron chi connectivity index (χ3n) is 7.01. The number of esters is 2. The summed E-state index contributed by atoms with van der Waals surface area (Å²) < 4.78 is 11.1. The summed E-state index contributed by atoms with van der Waals surface area (Å²) >= 11 is 0. The van der Waals surface area contributed by atoms with Crippen LogP contribution >= 0.6 is 0 Å². The summed E-state index contributed by atoms with van der Waals surface area (Å²) in [7, 11) is 0. The molecule has 236 valence electrons. The maximum absolute atomic E-state index is 12.8. The molecule has 0 unspecified atom stereocenters. The van der Waals surface area contributed by atoms with E-state index in [0.29, 0.717) is 12.0 Å². The van der Waals surface area contributed by atoms with Gasteiger partial charge in [-0.15, -0.1) is 0 Å². The first-order chi connectivity index (χ1) is 20.7. The lowest BCUT2D eigenvalue weighted by molar-refractivity contribution is -0.134. The monoisotopic (exact) mass is 592 g/mol. The number of ketones is 1. The van der Waals surface area contributed by atoms with E-state index in [9.17, 15) is 14.4 Å². The van der Waals surface area contributed by atoms with Crippen LogP contribution in [0.1, 0.15) is 138 Å². The van der Waals surface area contributed by atoms with Crippen molar-refractivity contribution in [3.8, 4) is 11.5 Å².